The van der Waals surface area contributed by atoms with Crippen molar-refractivity contribution in [2.75, 3.05) is 19.0 Å². The van der Waals surface area contributed by atoms with Crippen molar-refractivity contribution in [1.29, 1.82) is 0 Å². The first-order chi connectivity index (χ1) is 8.81. The van der Waals surface area contributed by atoms with Gasteiger partial charge in [0.1, 0.15) is 4.21 Å². The minimum Gasteiger partial charge on any atom is -0.358 e. The molecular formula is C7H11N5O5S2. The lowest BCUT2D eigenvalue weighted by molar-refractivity contribution is -0.383. The van der Waals surface area contributed by atoms with Crippen LogP contribution in [-0.2, 0) is 14.8 Å². The van der Waals surface area contributed by atoms with Crippen LogP contribution in [0.15, 0.2) is 10.3 Å². The number of likely N-dealkylation sites (N-methyl/N-ethyl adjacent to an activating group) is 1. The average Bonchev–Trinajstić information content (AvgIpc) is 2.81. The first-order valence-electron chi connectivity index (χ1n) is 4.77. The summed E-state index contributed by atoms with van der Waals surface area (Å²) >= 11 is 0.594. The molecule has 12 heteroatoms. The zero-order valence-electron chi connectivity index (χ0n) is 9.67. The van der Waals surface area contributed by atoms with Crippen molar-refractivity contribution in [2.45, 2.75) is 4.21 Å². The highest BCUT2D eigenvalue weighted by Gasteiger charge is 2.26. The van der Waals surface area contributed by atoms with E-state index >= 15 is 0 Å². The number of rotatable bonds is 6. The number of nitrogens with zero attached hydrogens (tertiary/aromatic N) is 1. The van der Waals surface area contributed by atoms with Gasteiger partial charge in [0.05, 0.1) is 11.5 Å². The number of hydrogen-bond donors (Lipinski definition) is 4. The first kappa shape index (κ1) is 15.3. The van der Waals surface area contributed by atoms with Crippen molar-refractivity contribution in [1.82, 2.24) is 10.0 Å². The summed E-state index contributed by atoms with van der Waals surface area (Å²) in [5.41, 5.74) is 1.60. The molecule has 1 rings (SSSR count). The summed E-state index contributed by atoms with van der Waals surface area (Å²) in [6, 6.07) is 0.867. The molecule has 5 N–H and O–H groups in total. The predicted molar refractivity (Wildman–Crippen MR) is 68.0 cm³/mol. The minimum atomic E-state index is -4.00. The quantitative estimate of drug-likeness (QED) is 0.297. The summed E-state index contributed by atoms with van der Waals surface area (Å²) in [6.45, 7) is -0.462. The zero-order valence-corrected chi connectivity index (χ0v) is 11.3. The van der Waals surface area contributed by atoms with E-state index in [9.17, 15) is 23.3 Å². The van der Waals surface area contributed by atoms with Gasteiger partial charge in [-0.2, -0.15) is 0 Å². The third-order valence-electron chi connectivity index (χ3n) is 1.98. The summed E-state index contributed by atoms with van der Waals surface area (Å²) in [5, 5.41) is 12.8. The highest BCUT2D eigenvalue weighted by molar-refractivity contribution is 7.91. The number of carbonyl (C=O) groups is 1. The smallest absolute Gasteiger partial charge is 0.306 e. The van der Waals surface area contributed by atoms with Gasteiger partial charge in [-0.15, -0.1) is 0 Å². The van der Waals surface area contributed by atoms with Crippen LogP contribution in [0.1, 0.15) is 0 Å². The Bertz CT molecular complexity index is 595. The maximum atomic E-state index is 11.8. The largest absolute Gasteiger partial charge is 0.358 e. The second kappa shape index (κ2) is 5.92. The van der Waals surface area contributed by atoms with E-state index in [2.05, 4.69) is 10.7 Å². The number of amides is 1. The van der Waals surface area contributed by atoms with Crippen LogP contribution in [0.3, 0.4) is 0 Å². The number of anilines is 1. The molecule has 0 bridgehead atoms. The molecule has 106 valence electrons. The Kier molecular flexibility index (Phi) is 4.77. The van der Waals surface area contributed by atoms with Gasteiger partial charge >= 0.3 is 5.69 Å². The van der Waals surface area contributed by atoms with Gasteiger partial charge in [0.15, 0.2) is 5.00 Å². The van der Waals surface area contributed by atoms with Crippen LogP contribution in [0.2, 0.25) is 0 Å². The van der Waals surface area contributed by atoms with Gasteiger partial charge in [0.2, 0.25) is 5.91 Å². The number of hydrazine groups is 1. The maximum Gasteiger partial charge on any atom is 0.306 e. The molecule has 1 aromatic heterocycles. The van der Waals surface area contributed by atoms with Gasteiger partial charge in [0.25, 0.3) is 10.0 Å². The Balaban J connectivity index is 3.02. The minimum absolute atomic E-state index is 0.0923. The summed E-state index contributed by atoms with van der Waals surface area (Å²) in [4.78, 5) is 20.9. The van der Waals surface area contributed by atoms with Gasteiger partial charge in [-0.05, 0) is 0 Å². The Hall–Kier alpha value is -1.76. The van der Waals surface area contributed by atoms with Crippen molar-refractivity contribution in [2.24, 2.45) is 5.84 Å². The molecule has 0 saturated carbocycles. The molecule has 0 aromatic carbocycles. The van der Waals surface area contributed by atoms with Crippen LogP contribution >= 0.6 is 11.3 Å². The topological polar surface area (TPSA) is 156 Å². The fourth-order valence-electron chi connectivity index (χ4n) is 1.05. The van der Waals surface area contributed by atoms with Crippen molar-refractivity contribution in [3.63, 3.8) is 0 Å². The molecule has 1 aromatic rings. The molecule has 10 nitrogen and oxygen atoms in total. The van der Waals surface area contributed by atoms with E-state index in [0.29, 0.717) is 11.3 Å². The molecule has 0 atom stereocenters. The molecule has 0 aliphatic carbocycles. The molecular weight excluding hydrogens is 298 g/mol. The van der Waals surface area contributed by atoms with Crippen molar-refractivity contribution >= 4 is 38.0 Å². The van der Waals surface area contributed by atoms with Crippen LogP contribution in [0.4, 0.5) is 10.7 Å². The summed E-state index contributed by atoms with van der Waals surface area (Å²) in [5.74, 6) is 4.53. The molecule has 0 spiro atoms. The van der Waals surface area contributed by atoms with Gasteiger partial charge in [-0.3, -0.25) is 14.9 Å². The van der Waals surface area contributed by atoms with Crippen LogP contribution in [0.25, 0.3) is 0 Å². The average molecular weight is 309 g/mol. The number of carbonyl (C=O) groups excluding carboxylic acids is 1. The number of nitrogen functional groups attached to an aromatic ring is 1. The van der Waals surface area contributed by atoms with Gasteiger partial charge in [-0.25, -0.2) is 19.0 Å². The summed E-state index contributed by atoms with van der Waals surface area (Å²) in [6.07, 6.45) is 0. The van der Waals surface area contributed by atoms with Gasteiger partial charge < -0.3 is 10.7 Å². The fraction of sp³-hybridized carbons (Fsp3) is 0.286. The third kappa shape index (κ3) is 3.60. The van der Waals surface area contributed by atoms with Crippen LogP contribution in [0, 0.1) is 10.1 Å². The highest BCUT2D eigenvalue weighted by Crippen LogP contribution is 2.36. The lowest BCUT2D eigenvalue weighted by atomic mass is 10.5. The fourth-order valence-corrected chi connectivity index (χ4v) is 3.32. The van der Waals surface area contributed by atoms with Crippen molar-refractivity contribution in [3.05, 3.63) is 16.2 Å². The highest BCUT2D eigenvalue weighted by atomic mass is 32.2. The molecule has 0 saturated heterocycles. The van der Waals surface area contributed by atoms with E-state index in [1.807, 2.05) is 4.72 Å². The Morgan fingerprint density at radius 1 is 1.58 bits per heavy atom. The number of hydrogen-bond acceptors (Lipinski definition) is 8. The van der Waals surface area contributed by atoms with Gasteiger partial charge in [0, 0.05) is 13.1 Å². The van der Waals surface area contributed by atoms with Crippen LogP contribution in [-0.4, -0.2) is 32.8 Å². The van der Waals surface area contributed by atoms with Gasteiger partial charge in [-0.1, -0.05) is 11.3 Å². The second-order valence-electron chi connectivity index (χ2n) is 3.18. The molecule has 0 aliphatic rings. The molecule has 0 unspecified atom stereocenters. The zero-order chi connectivity index (χ0) is 14.6. The van der Waals surface area contributed by atoms with Crippen molar-refractivity contribution in [3.8, 4) is 0 Å². The third-order valence-corrected chi connectivity index (χ3v) is 4.91. The molecule has 0 radical (unpaired) electrons. The summed E-state index contributed by atoms with van der Waals surface area (Å²) in [7, 11) is -2.65. The van der Waals surface area contributed by atoms with E-state index in [1.165, 1.54) is 7.05 Å². The number of nitrogens with two attached hydrogens (primary N) is 1. The first-order valence-corrected chi connectivity index (χ1v) is 7.07. The number of nitrogens with one attached hydrogen (secondary N) is 3. The maximum absolute atomic E-state index is 11.8. The Labute approximate surface area is 112 Å². The monoisotopic (exact) mass is 309 g/mol. The Morgan fingerprint density at radius 3 is 2.63 bits per heavy atom. The second-order valence-corrected chi connectivity index (χ2v) is 6.22. The van der Waals surface area contributed by atoms with E-state index in [1.54, 1.807) is 0 Å². The molecule has 1 amide bonds. The lowest BCUT2D eigenvalue weighted by Gasteiger charge is -2.02. The predicted octanol–water partition coefficient (Wildman–Crippen LogP) is -1.03. The normalized spacial score (nSPS) is 11.1. The van der Waals surface area contributed by atoms with Crippen LogP contribution in [0.5, 0.6) is 0 Å². The molecule has 0 fully saturated rings. The van der Waals surface area contributed by atoms with E-state index in [0.717, 1.165) is 6.07 Å². The Morgan fingerprint density at radius 2 is 2.21 bits per heavy atom. The number of thiophene rings is 1. The molecule has 19 heavy (non-hydrogen) atoms. The lowest BCUT2D eigenvalue weighted by Crippen LogP contribution is -2.34. The molecule has 0 aliphatic heterocycles. The summed E-state index contributed by atoms with van der Waals surface area (Å²) < 4.78 is 25.3. The van der Waals surface area contributed by atoms with Crippen LogP contribution < -0.4 is 21.3 Å². The SMILES string of the molecule is CNC(=O)CNS(=O)(=O)c1cc([N+](=O)[O-])c(NN)s1. The number of sulfonamides is 1. The van der Waals surface area contributed by atoms with E-state index in [-0.39, 0.29) is 9.21 Å². The number of nitro groups is 1. The van der Waals surface area contributed by atoms with E-state index < -0.39 is 33.1 Å². The van der Waals surface area contributed by atoms with E-state index in [4.69, 9.17) is 5.84 Å². The molecule has 1 heterocycles. The van der Waals surface area contributed by atoms with Crippen molar-refractivity contribution < 1.29 is 18.1 Å². The standard InChI is InChI=1S/C7H11N5O5S2/c1-9-5(13)3-10-19(16,17)6-2-4(12(14)15)7(11-8)18-6/h2,10-11H,3,8H2,1H3,(H,9,13).